The van der Waals surface area contributed by atoms with Gasteiger partial charge in [-0.05, 0) is 53.7 Å². The molecule has 1 saturated carbocycles. The summed E-state index contributed by atoms with van der Waals surface area (Å²) in [5.41, 5.74) is 7.57. The summed E-state index contributed by atoms with van der Waals surface area (Å²) in [6.45, 7) is 1.84. The molecule has 2 rings (SSSR count). The molecule has 0 atom stereocenters. The lowest BCUT2D eigenvalue weighted by molar-refractivity contribution is 0.402. The van der Waals surface area contributed by atoms with Gasteiger partial charge in [-0.25, -0.2) is 4.39 Å². The molecule has 1 aromatic carbocycles. The normalized spacial score (nSPS) is 17.3. The second-order valence-corrected chi connectivity index (χ2v) is 5.33. The molecule has 0 aromatic heterocycles. The topological polar surface area (TPSA) is 35.2 Å². The third-order valence-electron chi connectivity index (χ3n) is 3.08. The zero-order valence-corrected chi connectivity index (χ0v) is 11.0. The first-order valence-electron chi connectivity index (χ1n) is 5.27. The van der Waals surface area contributed by atoms with E-state index in [0.717, 1.165) is 29.7 Å². The van der Waals surface area contributed by atoms with Gasteiger partial charge in [-0.2, -0.15) is 0 Å². The lowest BCUT2D eigenvalue weighted by atomic mass is 10.0. The fourth-order valence-corrected chi connectivity index (χ4v) is 2.37. The maximum atomic E-state index is 13.6. The number of ether oxygens (including phenoxy) is 1. The van der Waals surface area contributed by atoms with Gasteiger partial charge < -0.3 is 10.5 Å². The Labute approximate surface area is 103 Å². The first-order chi connectivity index (χ1) is 7.47. The molecule has 2 N–H and O–H groups in total. The van der Waals surface area contributed by atoms with Crippen LogP contribution in [0.1, 0.15) is 24.0 Å². The standard InChI is InChI=1S/C12H15BrFNO/c1-7-5-9(14)10(13)8(11(7)16-2)6-12(15)3-4-12/h5H,3-4,6,15H2,1-2H3. The molecule has 1 fully saturated rings. The molecule has 0 spiro atoms. The monoisotopic (exact) mass is 287 g/mol. The van der Waals surface area contributed by atoms with Gasteiger partial charge in [0.05, 0.1) is 11.6 Å². The van der Waals surface area contributed by atoms with E-state index in [-0.39, 0.29) is 11.4 Å². The summed E-state index contributed by atoms with van der Waals surface area (Å²) >= 11 is 3.28. The van der Waals surface area contributed by atoms with E-state index in [1.807, 2.05) is 6.92 Å². The average molecular weight is 288 g/mol. The molecular weight excluding hydrogens is 273 g/mol. The summed E-state index contributed by atoms with van der Waals surface area (Å²) in [4.78, 5) is 0. The number of hydrogen-bond acceptors (Lipinski definition) is 2. The minimum Gasteiger partial charge on any atom is -0.496 e. The second-order valence-electron chi connectivity index (χ2n) is 4.54. The molecule has 0 saturated heterocycles. The van der Waals surface area contributed by atoms with Gasteiger partial charge in [0.25, 0.3) is 0 Å². The van der Waals surface area contributed by atoms with Crippen molar-refractivity contribution < 1.29 is 9.13 Å². The van der Waals surface area contributed by atoms with Crippen LogP contribution in [0.3, 0.4) is 0 Å². The van der Waals surface area contributed by atoms with Crippen molar-refractivity contribution in [3.8, 4) is 5.75 Å². The minimum absolute atomic E-state index is 0.157. The van der Waals surface area contributed by atoms with Gasteiger partial charge in [0.2, 0.25) is 0 Å². The highest BCUT2D eigenvalue weighted by atomic mass is 79.9. The first-order valence-corrected chi connectivity index (χ1v) is 6.06. The maximum Gasteiger partial charge on any atom is 0.138 e. The molecule has 0 bridgehead atoms. The number of aryl methyl sites for hydroxylation is 1. The van der Waals surface area contributed by atoms with Crippen molar-refractivity contribution >= 4 is 15.9 Å². The fourth-order valence-electron chi connectivity index (χ4n) is 1.93. The van der Waals surface area contributed by atoms with Gasteiger partial charge in [0, 0.05) is 11.1 Å². The molecule has 2 nitrogen and oxygen atoms in total. The molecule has 0 radical (unpaired) electrons. The van der Waals surface area contributed by atoms with Crippen LogP contribution in [0.5, 0.6) is 5.75 Å². The van der Waals surface area contributed by atoms with Crippen LogP contribution < -0.4 is 10.5 Å². The van der Waals surface area contributed by atoms with Crippen LogP contribution in [-0.2, 0) is 6.42 Å². The van der Waals surface area contributed by atoms with Crippen molar-refractivity contribution in [3.05, 3.63) is 27.5 Å². The minimum atomic E-state index is -0.252. The zero-order valence-electron chi connectivity index (χ0n) is 9.44. The van der Waals surface area contributed by atoms with Crippen molar-refractivity contribution in [3.63, 3.8) is 0 Å². The van der Waals surface area contributed by atoms with E-state index in [1.165, 1.54) is 6.07 Å². The lowest BCUT2D eigenvalue weighted by Gasteiger charge is -2.17. The molecule has 0 aliphatic heterocycles. The van der Waals surface area contributed by atoms with Crippen molar-refractivity contribution in [1.82, 2.24) is 0 Å². The van der Waals surface area contributed by atoms with Gasteiger partial charge in [-0.3, -0.25) is 0 Å². The SMILES string of the molecule is COc1c(C)cc(F)c(Br)c1CC1(N)CC1. The van der Waals surface area contributed by atoms with E-state index in [4.69, 9.17) is 10.5 Å². The van der Waals surface area contributed by atoms with Crippen LogP contribution >= 0.6 is 15.9 Å². The van der Waals surface area contributed by atoms with Crippen LogP contribution in [0.2, 0.25) is 0 Å². The van der Waals surface area contributed by atoms with Gasteiger partial charge in [0.15, 0.2) is 0 Å². The summed E-state index contributed by atoms with van der Waals surface area (Å²) in [6.07, 6.45) is 2.66. The van der Waals surface area contributed by atoms with Gasteiger partial charge in [0.1, 0.15) is 11.6 Å². The van der Waals surface area contributed by atoms with E-state index in [1.54, 1.807) is 7.11 Å². The highest BCUT2D eigenvalue weighted by Crippen LogP contribution is 2.41. The van der Waals surface area contributed by atoms with Crippen LogP contribution in [0.25, 0.3) is 0 Å². The lowest BCUT2D eigenvalue weighted by Crippen LogP contribution is -2.25. The van der Waals surface area contributed by atoms with Gasteiger partial charge in [-0.1, -0.05) is 0 Å². The fraction of sp³-hybridized carbons (Fsp3) is 0.500. The van der Waals surface area contributed by atoms with E-state index >= 15 is 0 Å². The second kappa shape index (κ2) is 4.00. The Balaban J connectivity index is 2.47. The molecular formula is C12H15BrFNO. The Bertz CT molecular complexity index is 430. The van der Waals surface area contributed by atoms with Crippen LogP contribution in [0, 0.1) is 12.7 Å². The maximum absolute atomic E-state index is 13.6. The molecule has 0 unspecified atom stereocenters. The van der Waals surface area contributed by atoms with Crippen molar-refractivity contribution in [2.45, 2.75) is 31.7 Å². The van der Waals surface area contributed by atoms with Gasteiger partial charge in [-0.15, -0.1) is 0 Å². The van der Waals surface area contributed by atoms with Gasteiger partial charge >= 0.3 is 0 Å². The zero-order chi connectivity index (χ0) is 11.9. The average Bonchev–Trinajstić information content (AvgIpc) is 2.93. The van der Waals surface area contributed by atoms with Crippen LogP contribution in [0.4, 0.5) is 4.39 Å². The van der Waals surface area contributed by atoms with Crippen LogP contribution in [-0.4, -0.2) is 12.6 Å². The number of methoxy groups -OCH3 is 1. The van der Waals surface area contributed by atoms with E-state index in [2.05, 4.69) is 15.9 Å². The van der Waals surface area contributed by atoms with E-state index in [9.17, 15) is 4.39 Å². The molecule has 16 heavy (non-hydrogen) atoms. The Morgan fingerprint density at radius 2 is 2.19 bits per heavy atom. The molecule has 0 amide bonds. The third-order valence-corrected chi connectivity index (χ3v) is 3.93. The Morgan fingerprint density at radius 1 is 1.56 bits per heavy atom. The van der Waals surface area contributed by atoms with E-state index < -0.39 is 0 Å². The molecule has 1 aromatic rings. The van der Waals surface area contributed by atoms with Crippen LogP contribution in [0.15, 0.2) is 10.5 Å². The highest BCUT2D eigenvalue weighted by Gasteiger charge is 2.39. The summed E-state index contributed by atoms with van der Waals surface area (Å²) < 4.78 is 19.4. The Morgan fingerprint density at radius 3 is 2.69 bits per heavy atom. The highest BCUT2D eigenvalue weighted by molar-refractivity contribution is 9.10. The predicted octanol–water partition coefficient (Wildman–Crippen LogP) is 2.94. The summed E-state index contributed by atoms with van der Waals surface area (Å²) in [6, 6.07) is 1.47. The molecule has 88 valence electrons. The summed E-state index contributed by atoms with van der Waals surface area (Å²) in [5.74, 6) is 0.488. The quantitative estimate of drug-likeness (QED) is 0.928. The van der Waals surface area contributed by atoms with Crippen molar-refractivity contribution in [2.75, 3.05) is 7.11 Å². The Hall–Kier alpha value is -0.610. The smallest absolute Gasteiger partial charge is 0.138 e. The number of halogens is 2. The molecule has 1 aliphatic rings. The number of rotatable bonds is 3. The third kappa shape index (κ3) is 2.09. The van der Waals surface area contributed by atoms with Crippen molar-refractivity contribution in [2.24, 2.45) is 5.73 Å². The van der Waals surface area contributed by atoms with E-state index in [0.29, 0.717) is 10.9 Å². The Kier molecular flexibility index (Phi) is 2.97. The van der Waals surface area contributed by atoms with Crippen molar-refractivity contribution in [1.29, 1.82) is 0 Å². The summed E-state index contributed by atoms with van der Waals surface area (Å²) in [7, 11) is 1.60. The molecule has 4 heteroatoms. The summed E-state index contributed by atoms with van der Waals surface area (Å²) in [5, 5.41) is 0. The number of hydrogen-bond donors (Lipinski definition) is 1. The largest absolute Gasteiger partial charge is 0.496 e. The number of nitrogens with two attached hydrogens (primary N) is 1. The molecule has 0 heterocycles. The predicted molar refractivity (Wildman–Crippen MR) is 65.2 cm³/mol. The molecule has 1 aliphatic carbocycles. The first kappa shape index (κ1) is 11.9. The number of benzene rings is 1.